The van der Waals surface area contributed by atoms with Crippen LogP contribution in [0.15, 0.2) is 18.2 Å². The van der Waals surface area contributed by atoms with E-state index in [1.807, 2.05) is 0 Å². The van der Waals surface area contributed by atoms with Crippen LogP contribution < -0.4 is 10.2 Å². The molecule has 3 rings (SSSR count). The number of halogens is 1. The lowest BCUT2D eigenvalue weighted by Crippen LogP contribution is -2.24. The van der Waals surface area contributed by atoms with E-state index in [1.165, 1.54) is 0 Å². The highest BCUT2D eigenvalue weighted by atomic mass is 35.5. The molecule has 1 aromatic carbocycles. The molecule has 0 radical (unpaired) electrons. The summed E-state index contributed by atoms with van der Waals surface area (Å²) >= 11 is 6.21. The van der Waals surface area contributed by atoms with E-state index in [0.717, 1.165) is 24.9 Å². The highest BCUT2D eigenvalue weighted by molar-refractivity contribution is 6.34. The van der Waals surface area contributed by atoms with Gasteiger partial charge in [-0.15, -0.1) is 0 Å². The molecular weight excluding hydrogens is 264 g/mol. The number of rotatable bonds is 3. The molecule has 2 aliphatic rings. The van der Waals surface area contributed by atoms with E-state index in [0.29, 0.717) is 23.7 Å². The molecule has 1 aromatic rings. The molecule has 1 aliphatic heterocycles. The zero-order valence-electron chi connectivity index (χ0n) is 10.5. The normalized spacial score (nSPS) is 18.8. The minimum absolute atomic E-state index is 0.0565. The van der Waals surface area contributed by atoms with Crippen molar-refractivity contribution < 1.29 is 9.59 Å². The fourth-order valence-electron chi connectivity index (χ4n) is 2.30. The Bertz CT molecular complexity index is 540. The van der Waals surface area contributed by atoms with E-state index >= 15 is 0 Å². The summed E-state index contributed by atoms with van der Waals surface area (Å²) in [5.74, 6) is 0.330. The Morgan fingerprint density at radius 3 is 2.74 bits per heavy atom. The summed E-state index contributed by atoms with van der Waals surface area (Å²) in [4.78, 5) is 25.0. The maximum atomic E-state index is 11.7. The third-order valence-electron chi connectivity index (χ3n) is 3.53. The molecule has 0 bridgehead atoms. The first-order valence-corrected chi connectivity index (χ1v) is 6.94. The molecule has 0 atom stereocenters. The number of hydrogen-bond donors (Lipinski definition) is 1. The monoisotopic (exact) mass is 278 g/mol. The predicted octanol–water partition coefficient (Wildman–Crippen LogP) is 2.82. The highest BCUT2D eigenvalue weighted by Crippen LogP contribution is 2.33. The molecule has 1 saturated heterocycles. The summed E-state index contributed by atoms with van der Waals surface area (Å²) in [6, 6.07) is 5.31. The smallest absolute Gasteiger partial charge is 0.227 e. The molecule has 0 aromatic heterocycles. The van der Waals surface area contributed by atoms with Crippen LogP contribution in [0, 0.1) is 5.92 Å². The fourth-order valence-corrected chi connectivity index (χ4v) is 2.58. The number of amides is 2. The van der Waals surface area contributed by atoms with E-state index in [-0.39, 0.29) is 17.7 Å². The highest BCUT2D eigenvalue weighted by Gasteiger charge is 2.30. The van der Waals surface area contributed by atoms with Crippen molar-refractivity contribution in [3.8, 4) is 0 Å². The minimum atomic E-state index is 0.0565. The largest absolute Gasteiger partial charge is 0.326 e. The molecule has 1 heterocycles. The lowest BCUT2D eigenvalue weighted by Gasteiger charge is -2.18. The van der Waals surface area contributed by atoms with Gasteiger partial charge in [0.15, 0.2) is 0 Å². The van der Waals surface area contributed by atoms with Crippen LogP contribution in [0.3, 0.4) is 0 Å². The molecular formula is C14H15ClN2O2. The summed E-state index contributed by atoms with van der Waals surface area (Å²) < 4.78 is 0. The Morgan fingerprint density at radius 2 is 2.16 bits per heavy atom. The van der Waals surface area contributed by atoms with E-state index in [4.69, 9.17) is 11.6 Å². The molecule has 2 fully saturated rings. The van der Waals surface area contributed by atoms with Crippen LogP contribution in [0.4, 0.5) is 11.4 Å². The fraction of sp³-hybridized carbons (Fsp3) is 0.429. The van der Waals surface area contributed by atoms with Gasteiger partial charge in [-0.25, -0.2) is 0 Å². The zero-order valence-corrected chi connectivity index (χ0v) is 11.2. The van der Waals surface area contributed by atoms with Gasteiger partial charge in [0.05, 0.1) is 10.7 Å². The van der Waals surface area contributed by atoms with Gasteiger partial charge < -0.3 is 10.2 Å². The lowest BCUT2D eigenvalue weighted by molar-refractivity contribution is -0.118. The topological polar surface area (TPSA) is 49.4 Å². The number of nitrogens with one attached hydrogen (secondary N) is 1. The average molecular weight is 279 g/mol. The summed E-state index contributed by atoms with van der Waals surface area (Å²) in [6.45, 7) is 0.715. The third kappa shape index (κ3) is 2.59. The lowest BCUT2D eigenvalue weighted by atomic mass is 10.2. The van der Waals surface area contributed by atoms with Crippen molar-refractivity contribution in [1.82, 2.24) is 0 Å². The van der Waals surface area contributed by atoms with Crippen molar-refractivity contribution in [2.75, 3.05) is 16.8 Å². The molecule has 1 N–H and O–H groups in total. The van der Waals surface area contributed by atoms with Crippen LogP contribution in [0.5, 0.6) is 0 Å². The van der Waals surface area contributed by atoms with Crippen molar-refractivity contribution in [3.05, 3.63) is 23.2 Å². The van der Waals surface area contributed by atoms with E-state index in [9.17, 15) is 9.59 Å². The van der Waals surface area contributed by atoms with Crippen LogP contribution in [0.25, 0.3) is 0 Å². The number of nitrogens with zero attached hydrogens (tertiary/aromatic N) is 1. The first-order valence-electron chi connectivity index (χ1n) is 6.56. The number of carbonyl (C=O) groups is 2. The maximum absolute atomic E-state index is 11.7. The molecule has 2 amide bonds. The van der Waals surface area contributed by atoms with Crippen molar-refractivity contribution in [2.24, 2.45) is 5.92 Å². The minimum Gasteiger partial charge on any atom is -0.326 e. The molecule has 0 spiro atoms. The second-order valence-corrected chi connectivity index (χ2v) is 5.49. The van der Waals surface area contributed by atoms with Crippen LogP contribution in [0.2, 0.25) is 5.02 Å². The van der Waals surface area contributed by atoms with Gasteiger partial charge in [-0.1, -0.05) is 11.6 Å². The van der Waals surface area contributed by atoms with Gasteiger partial charge in [-0.3, -0.25) is 9.59 Å². The summed E-state index contributed by atoms with van der Waals surface area (Å²) in [5.41, 5.74) is 1.42. The van der Waals surface area contributed by atoms with Gasteiger partial charge in [-0.2, -0.15) is 0 Å². The molecule has 1 saturated carbocycles. The van der Waals surface area contributed by atoms with Gasteiger partial charge >= 0.3 is 0 Å². The van der Waals surface area contributed by atoms with Crippen LogP contribution in [0.1, 0.15) is 25.7 Å². The molecule has 0 unspecified atom stereocenters. The Balaban J connectivity index is 1.77. The summed E-state index contributed by atoms with van der Waals surface area (Å²) in [7, 11) is 0. The quantitative estimate of drug-likeness (QED) is 0.924. The Kier molecular flexibility index (Phi) is 3.19. The number of hydrogen-bond acceptors (Lipinski definition) is 2. The van der Waals surface area contributed by atoms with Gasteiger partial charge in [0.25, 0.3) is 0 Å². The van der Waals surface area contributed by atoms with E-state index in [2.05, 4.69) is 5.32 Å². The van der Waals surface area contributed by atoms with Crippen molar-refractivity contribution in [2.45, 2.75) is 25.7 Å². The van der Waals surface area contributed by atoms with Gasteiger partial charge in [-0.05, 0) is 37.5 Å². The first-order chi connectivity index (χ1) is 9.15. The average Bonchev–Trinajstić information content (AvgIpc) is 3.14. The SMILES string of the molecule is O=C(Nc1ccc(N2CCCC2=O)c(Cl)c1)C1CC1. The van der Waals surface area contributed by atoms with Crippen molar-refractivity contribution in [1.29, 1.82) is 0 Å². The molecule has 4 nitrogen and oxygen atoms in total. The van der Waals surface area contributed by atoms with Gasteiger partial charge in [0.2, 0.25) is 11.8 Å². The molecule has 5 heteroatoms. The first kappa shape index (κ1) is 12.5. The standard InChI is InChI=1S/C14H15ClN2O2/c15-11-8-10(16-14(19)9-3-4-9)5-6-12(11)17-7-1-2-13(17)18/h5-6,8-9H,1-4,7H2,(H,16,19). The van der Waals surface area contributed by atoms with Crippen molar-refractivity contribution in [3.63, 3.8) is 0 Å². The summed E-state index contributed by atoms with van der Waals surface area (Å²) in [6.07, 6.45) is 3.39. The predicted molar refractivity (Wildman–Crippen MR) is 74.4 cm³/mol. The van der Waals surface area contributed by atoms with E-state index in [1.54, 1.807) is 23.1 Å². The Morgan fingerprint density at radius 1 is 1.37 bits per heavy atom. The second kappa shape index (κ2) is 4.85. The van der Waals surface area contributed by atoms with Gasteiger partial charge in [0, 0.05) is 24.6 Å². The van der Waals surface area contributed by atoms with E-state index < -0.39 is 0 Å². The molecule has 100 valence electrons. The van der Waals surface area contributed by atoms with Crippen LogP contribution in [-0.4, -0.2) is 18.4 Å². The number of anilines is 2. The second-order valence-electron chi connectivity index (χ2n) is 5.08. The molecule has 1 aliphatic carbocycles. The Labute approximate surface area is 116 Å². The zero-order chi connectivity index (χ0) is 13.4. The van der Waals surface area contributed by atoms with Crippen LogP contribution in [-0.2, 0) is 9.59 Å². The van der Waals surface area contributed by atoms with Gasteiger partial charge in [0.1, 0.15) is 0 Å². The van der Waals surface area contributed by atoms with Crippen molar-refractivity contribution >= 4 is 34.8 Å². The number of carbonyl (C=O) groups excluding carboxylic acids is 2. The third-order valence-corrected chi connectivity index (χ3v) is 3.83. The molecule has 19 heavy (non-hydrogen) atoms. The number of benzene rings is 1. The van der Waals surface area contributed by atoms with Crippen LogP contribution >= 0.6 is 11.6 Å². The Hall–Kier alpha value is -1.55. The summed E-state index contributed by atoms with van der Waals surface area (Å²) in [5, 5.41) is 3.35. The maximum Gasteiger partial charge on any atom is 0.227 e.